The predicted molar refractivity (Wildman–Crippen MR) is 32.5 cm³/mol. The molecule has 0 atom stereocenters. The monoisotopic (exact) mass is 136 g/mol. The van der Waals surface area contributed by atoms with E-state index in [1.54, 1.807) is 13.8 Å². The van der Waals surface area contributed by atoms with E-state index in [1.807, 2.05) is 0 Å². The molecule has 0 unspecified atom stereocenters. The standard InChI is InChI=1S/C5H9ClO2/c1-3(2)4(6)5(7)8/h5,7-8H,1-2H3. The van der Waals surface area contributed by atoms with Crippen LogP contribution in [0.15, 0.2) is 10.6 Å². The van der Waals surface area contributed by atoms with Gasteiger partial charge in [0.1, 0.15) is 0 Å². The molecular formula is C5H9ClO2. The number of hydrogen-bond acceptors (Lipinski definition) is 2. The lowest BCUT2D eigenvalue weighted by Gasteiger charge is -2.01. The number of hydrogen-bond donors (Lipinski definition) is 2. The smallest absolute Gasteiger partial charge is 0.189 e. The molecule has 0 rings (SSSR count). The van der Waals surface area contributed by atoms with Crippen LogP contribution in [-0.2, 0) is 0 Å². The van der Waals surface area contributed by atoms with Gasteiger partial charge in [0.05, 0.1) is 5.03 Å². The molecule has 0 heterocycles. The summed E-state index contributed by atoms with van der Waals surface area (Å²) < 4.78 is 0. The van der Waals surface area contributed by atoms with E-state index in [1.165, 1.54) is 0 Å². The van der Waals surface area contributed by atoms with Crippen molar-refractivity contribution in [1.29, 1.82) is 0 Å². The van der Waals surface area contributed by atoms with Gasteiger partial charge in [-0.2, -0.15) is 0 Å². The summed E-state index contributed by atoms with van der Waals surface area (Å²) in [5.74, 6) is 0. The van der Waals surface area contributed by atoms with Gasteiger partial charge in [-0.25, -0.2) is 0 Å². The van der Waals surface area contributed by atoms with Crippen LogP contribution in [-0.4, -0.2) is 16.5 Å². The summed E-state index contributed by atoms with van der Waals surface area (Å²) >= 11 is 5.33. The van der Waals surface area contributed by atoms with E-state index in [-0.39, 0.29) is 5.03 Å². The van der Waals surface area contributed by atoms with Gasteiger partial charge in [0.25, 0.3) is 0 Å². The van der Waals surface area contributed by atoms with Crippen molar-refractivity contribution in [2.75, 3.05) is 0 Å². The number of aliphatic hydroxyl groups excluding tert-OH is 1. The van der Waals surface area contributed by atoms with Gasteiger partial charge in [-0.3, -0.25) is 0 Å². The van der Waals surface area contributed by atoms with Crippen molar-refractivity contribution in [2.45, 2.75) is 20.1 Å². The van der Waals surface area contributed by atoms with E-state index in [2.05, 4.69) is 0 Å². The van der Waals surface area contributed by atoms with Crippen LogP contribution >= 0.6 is 11.6 Å². The topological polar surface area (TPSA) is 40.5 Å². The van der Waals surface area contributed by atoms with Gasteiger partial charge in [-0.05, 0) is 13.8 Å². The van der Waals surface area contributed by atoms with E-state index < -0.39 is 6.29 Å². The van der Waals surface area contributed by atoms with Crippen LogP contribution in [0, 0.1) is 0 Å². The minimum absolute atomic E-state index is 0.102. The summed E-state index contributed by atoms with van der Waals surface area (Å²) in [7, 11) is 0. The highest BCUT2D eigenvalue weighted by atomic mass is 35.5. The molecular weight excluding hydrogens is 128 g/mol. The zero-order valence-corrected chi connectivity index (χ0v) is 5.61. The van der Waals surface area contributed by atoms with Crippen LogP contribution in [0.25, 0.3) is 0 Å². The van der Waals surface area contributed by atoms with Crippen molar-refractivity contribution >= 4 is 11.6 Å². The highest BCUT2D eigenvalue weighted by Crippen LogP contribution is 2.10. The Morgan fingerprint density at radius 3 is 1.75 bits per heavy atom. The Kier molecular flexibility index (Phi) is 3.05. The van der Waals surface area contributed by atoms with Gasteiger partial charge in [0.2, 0.25) is 0 Å². The SMILES string of the molecule is CC(C)=C(Cl)C(O)O. The molecule has 0 saturated carbocycles. The minimum atomic E-state index is -1.51. The first-order valence-electron chi connectivity index (χ1n) is 2.24. The zero-order chi connectivity index (χ0) is 6.73. The van der Waals surface area contributed by atoms with Crippen molar-refractivity contribution in [1.82, 2.24) is 0 Å². The van der Waals surface area contributed by atoms with Crippen LogP contribution in [0.5, 0.6) is 0 Å². The summed E-state index contributed by atoms with van der Waals surface area (Å²) in [6, 6.07) is 0. The Balaban J connectivity index is 4.00. The van der Waals surface area contributed by atoms with Gasteiger partial charge in [0, 0.05) is 0 Å². The molecule has 2 nitrogen and oxygen atoms in total. The van der Waals surface area contributed by atoms with Gasteiger partial charge in [0.15, 0.2) is 6.29 Å². The summed E-state index contributed by atoms with van der Waals surface area (Å²) in [6.07, 6.45) is -1.51. The second kappa shape index (κ2) is 3.07. The molecule has 0 aliphatic carbocycles. The van der Waals surface area contributed by atoms with Crippen molar-refractivity contribution in [3.63, 3.8) is 0 Å². The Hall–Kier alpha value is -0.0500. The minimum Gasteiger partial charge on any atom is -0.364 e. The first-order valence-corrected chi connectivity index (χ1v) is 2.62. The maximum absolute atomic E-state index is 8.36. The number of rotatable bonds is 1. The predicted octanol–water partition coefficient (Wildman–Crippen LogP) is 0.830. The third-order valence-corrected chi connectivity index (χ3v) is 1.28. The third kappa shape index (κ3) is 2.31. The molecule has 0 saturated heterocycles. The Morgan fingerprint density at radius 2 is 1.75 bits per heavy atom. The lowest BCUT2D eigenvalue weighted by atomic mass is 10.3. The number of allylic oxidation sites excluding steroid dienone is 1. The number of halogens is 1. The molecule has 0 amide bonds. The molecule has 0 aliphatic heterocycles. The summed E-state index contributed by atoms with van der Waals surface area (Å²) in [6.45, 7) is 3.42. The van der Waals surface area contributed by atoms with Gasteiger partial charge >= 0.3 is 0 Å². The van der Waals surface area contributed by atoms with Crippen LogP contribution in [0.4, 0.5) is 0 Å². The largest absolute Gasteiger partial charge is 0.364 e. The number of aliphatic hydroxyl groups is 2. The molecule has 0 fully saturated rings. The molecule has 0 spiro atoms. The fourth-order valence-electron chi connectivity index (χ4n) is 0.258. The van der Waals surface area contributed by atoms with Crippen molar-refractivity contribution in [3.05, 3.63) is 10.6 Å². The van der Waals surface area contributed by atoms with Crippen LogP contribution < -0.4 is 0 Å². The van der Waals surface area contributed by atoms with E-state index in [0.717, 1.165) is 5.57 Å². The normalized spacial score (nSPS) is 9.75. The Morgan fingerprint density at radius 1 is 1.38 bits per heavy atom. The molecule has 48 valence electrons. The zero-order valence-electron chi connectivity index (χ0n) is 4.85. The molecule has 0 aromatic rings. The first kappa shape index (κ1) is 7.95. The van der Waals surface area contributed by atoms with Crippen LogP contribution in [0.3, 0.4) is 0 Å². The molecule has 0 radical (unpaired) electrons. The van der Waals surface area contributed by atoms with E-state index >= 15 is 0 Å². The van der Waals surface area contributed by atoms with E-state index in [9.17, 15) is 0 Å². The molecule has 0 aromatic heterocycles. The lowest BCUT2D eigenvalue weighted by molar-refractivity contribution is -0.00226. The fourth-order valence-corrected chi connectivity index (χ4v) is 0.258. The van der Waals surface area contributed by atoms with Crippen molar-refractivity contribution in [2.24, 2.45) is 0 Å². The lowest BCUT2D eigenvalue weighted by Crippen LogP contribution is -2.04. The van der Waals surface area contributed by atoms with E-state index in [4.69, 9.17) is 21.8 Å². The van der Waals surface area contributed by atoms with Crippen LogP contribution in [0.1, 0.15) is 13.8 Å². The second-order valence-corrected chi connectivity index (χ2v) is 2.13. The molecule has 0 aliphatic rings. The van der Waals surface area contributed by atoms with E-state index in [0.29, 0.717) is 0 Å². The fraction of sp³-hybridized carbons (Fsp3) is 0.600. The maximum Gasteiger partial charge on any atom is 0.189 e. The first-order chi connectivity index (χ1) is 3.55. The molecule has 3 heteroatoms. The van der Waals surface area contributed by atoms with Crippen molar-refractivity contribution < 1.29 is 10.2 Å². The quantitative estimate of drug-likeness (QED) is 0.525. The van der Waals surface area contributed by atoms with Crippen molar-refractivity contribution in [3.8, 4) is 0 Å². The highest BCUT2D eigenvalue weighted by Gasteiger charge is 2.02. The van der Waals surface area contributed by atoms with Gasteiger partial charge in [-0.15, -0.1) is 0 Å². The molecule has 0 aromatic carbocycles. The average molecular weight is 137 g/mol. The van der Waals surface area contributed by atoms with Crippen LogP contribution in [0.2, 0.25) is 0 Å². The van der Waals surface area contributed by atoms with Gasteiger partial charge < -0.3 is 10.2 Å². The summed E-state index contributed by atoms with van der Waals surface area (Å²) in [5, 5.41) is 16.8. The summed E-state index contributed by atoms with van der Waals surface area (Å²) in [5.41, 5.74) is 0.724. The Labute approximate surface area is 53.4 Å². The highest BCUT2D eigenvalue weighted by molar-refractivity contribution is 6.30. The third-order valence-electron chi connectivity index (χ3n) is 0.704. The maximum atomic E-state index is 8.36. The average Bonchev–Trinajstić information content (AvgIpc) is 1.64. The van der Waals surface area contributed by atoms with Gasteiger partial charge in [-0.1, -0.05) is 17.2 Å². The molecule has 2 N–H and O–H groups in total. The summed E-state index contributed by atoms with van der Waals surface area (Å²) in [4.78, 5) is 0. The molecule has 8 heavy (non-hydrogen) atoms. The Bertz CT molecular complexity index is 103. The molecule has 0 bridgehead atoms. The second-order valence-electron chi connectivity index (χ2n) is 1.72.